The van der Waals surface area contributed by atoms with Gasteiger partial charge in [-0.2, -0.15) is 0 Å². The molecule has 88 valence electrons. The molecular formula is C13H15N3S. The zero-order valence-corrected chi connectivity index (χ0v) is 11.1. The van der Waals surface area contributed by atoms with Crippen molar-refractivity contribution >= 4 is 12.2 Å². The van der Waals surface area contributed by atoms with Crippen LogP contribution >= 0.6 is 12.2 Å². The molecule has 0 spiro atoms. The second-order valence-electron chi connectivity index (χ2n) is 4.03. The van der Waals surface area contributed by atoms with Gasteiger partial charge in [0.15, 0.2) is 0 Å². The average Bonchev–Trinajstić information content (AvgIpc) is 2.35. The van der Waals surface area contributed by atoms with Crippen molar-refractivity contribution in [1.29, 1.82) is 0 Å². The van der Waals surface area contributed by atoms with E-state index in [9.17, 15) is 0 Å². The molecule has 3 nitrogen and oxygen atoms in total. The topological polar surface area (TPSA) is 41.6 Å². The Bertz CT molecular complexity index is 602. The molecule has 1 N–H and O–H groups in total. The van der Waals surface area contributed by atoms with E-state index >= 15 is 0 Å². The second-order valence-corrected chi connectivity index (χ2v) is 4.41. The van der Waals surface area contributed by atoms with Gasteiger partial charge in [-0.15, -0.1) is 0 Å². The summed E-state index contributed by atoms with van der Waals surface area (Å²) in [5.74, 6) is 0.831. The fourth-order valence-electron chi connectivity index (χ4n) is 1.71. The number of rotatable bonds is 2. The Morgan fingerprint density at radius 1 is 1.35 bits per heavy atom. The van der Waals surface area contributed by atoms with Crippen LogP contribution in [0.4, 0.5) is 0 Å². The highest BCUT2D eigenvalue weighted by Gasteiger charge is 2.07. The lowest BCUT2D eigenvalue weighted by Gasteiger charge is -2.09. The largest absolute Gasteiger partial charge is 0.343 e. The monoisotopic (exact) mass is 245 g/mol. The summed E-state index contributed by atoms with van der Waals surface area (Å²) in [7, 11) is 0. The number of hydrogen-bond acceptors (Lipinski definition) is 3. The van der Waals surface area contributed by atoms with Gasteiger partial charge in [0.25, 0.3) is 0 Å². The van der Waals surface area contributed by atoms with Crippen molar-refractivity contribution in [2.24, 2.45) is 0 Å². The molecule has 0 bridgehead atoms. The van der Waals surface area contributed by atoms with E-state index in [1.807, 2.05) is 26.1 Å². The molecular weight excluding hydrogens is 230 g/mol. The molecule has 2 aromatic rings. The van der Waals surface area contributed by atoms with Crippen LogP contribution in [0, 0.1) is 18.5 Å². The molecule has 4 heteroatoms. The van der Waals surface area contributed by atoms with Crippen LogP contribution in [0.5, 0.6) is 0 Å². The minimum atomic E-state index is 0.662. The van der Waals surface area contributed by atoms with Crippen LogP contribution in [0.15, 0.2) is 18.5 Å². The van der Waals surface area contributed by atoms with Crippen molar-refractivity contribution in [3.63, 3.8) is 0 Å². The molecule has 0 fully saturated rings. The van der Waals surface area contributed by atoms with Gasteiger partial charge < -0.3 is 4.98 Å². The van der Waals surface area contributed by atoms with E-state index in [0.29, 0.717) is 4.64 Å². The molecule has 2 aromatic heterocycles. The maximum absolute atomic E-state index is 5.26. The normalized spacial score (nSPS) is 10.5. The van der Waals surface area contributed by atoms with E-state index < -0.39 is 0 Å². The fourth-order valence-corrected chi connectivity index (χ4v) is 1.96. The Balaban J connectivity index is 2.65. The predicted octanol–water partition coefficient (Wildman–Crippen LogP) is 3.38. The standard InChI is InChI=1S/C13H15N3S/c1-4-10-7-14-6-5-11(10)12-15-9(3)8(2)13(17)16-12/h5-7H,4H2,1-3H3,(H,15,16,17). The number of pyridine rings is 1. The van der Waals surface area contributed by atoms with Crippen LogP contribution in [-0.4, -0.2) is 15.0 Å². The molecule has 0 aliphatic carbocycles. The number of aromatic nitrogens is 3. The Morgan fingerprint density at radius 3 is 2.76 bits per heavy atom. The first-order valence-corrected chi connectivity index (χ1v) is 6.05. The molecule has 17 heavy (non-hydrogen) atoms. The third-order valence-corrected chi connectivity index (χ3v) is 3.34. The smallest absolute Gasteiger partial charge is 0.139 e. The number of aromatic amines is 1. The van der Waals surface area contributed by atoms with Gasteiger partial charge in [-0.3, -0.25) is 4.98 Å². The Labute approximate surface area is 106 Å². The van der Waals surface area contributed by atoms with Gasteiger partial charge in [0, 0.05) is 29.2 Å². The molecule has 0 aliphatic heterocycles. The molecule has 0 aromatic carbocycles. The zero-order valence-electron chi connectivity index (χ0n) is 10.2. The summed E-state index contributed by atoms with van der Waals surface area (Å²) in [6.07, 6.45) is 4.59. The first-order valence-electron chi connectivity index (χ1n) is 5.64. The number of nitrogens with zero attached hydrogens (tertiary/aromatic N) is 2. The highest BCUT2D eigenvalue weighted by Crippen LogP contribution is 2.20. The van der Waals surface area contributed by atoms with Crippen LogP contribution in [-0.2, 0) is 6.42 Å². The fraction of sp³-hybridized carbons (Fsp3) is 0.308. The van der Waals surface area contributed by atoms with Crippen molar-refractivity contribution in [2.75, 3.05) is 0 Å². The lowest BCUT2D eigenvalue weighted by molar-refractivity contribution is 1.03. The summed E-state index contributed by atoms with van der Waals surface area (Å²) in [4.78, 5) is 11.9. The van der Waals surface area contributed by atoms with Crippen LogP contribution in [0.2, 0.25) is 0 Å². The Kier molecular flexibility index (Phi) is 3.33. The van der Waals surface area contributed by atoms with Crippen molar-refractivity contribution in [3.05, 3.63) is 39.9 Å². The van der Waals surface area contributed by atoms with Gasteiger partial charge >= 0.3 is 0 Å². The van der Waals surface area contributed by atoms with Gasteiger partial charge in [-0.1, -0.05) is 19.1 Å². The summed E-state index contributed by atoms with van der Waals surface area (Å²) in [5.41, 5.74) is 4.36. The molecule has 2 rings (SSSR count). The minimum absolute atomic E-state index is 0.662. The van der Waals surface area contributed by atoms with Crippen LogP contribution in [0.3, 0.4) is 0 Å². The Morgan fingerprint density at radius 2 is 2.12 bits per heavy atom. The van der Waals surface area contributed by atoms with E-state index in [1.165, 1.54) is 5.56 Å². The minimum Gasteiger partial charge on any atom is -0.343 e. The third-order valence-electron chi connectivity index (χ3n) is 2.94. The van der Waals surface area contributed by atoms with Gasteiger partial charge in [-0.05, 0) is 31.9 Å². The summed E-state index contributed by atoms with van der Waals surface area (Å²) in [6, 6.07) is 1.97. The highest BCUT2D eigenvalue weighted by molar-refractivity contribution is 7.71. The molecule has 0 radical (unpaired) electrons. The Hall–Kier alpha value is -1.55. The van der Waals surface area contributed by atoms with Gasteiger partial charge in [0.05, 0.1) is 0 Å². The van der Waals surface area contributed by atoms with Crippen molar-refractivity contribution in [2.45, 2.75) is 27.2 Å². The first kappa shape index (κ1) is 11.9. The molecule has 0 unspecified atom stereocenters. The van der Waals surface area contributed by atoms with E-state index in [1.54, 1.807) is 6.20 Å². The van der Waals surface area contributed by atoms with Gasteiger partial charge in [0.1, 0.15) is 10.5 Å². The number of H-pyrrole nitrogens is 1. The SMILES string of the molecule is CCc1cnccc1-c1nc(=S)c(C)c(C)[nH]1. The summed E-state index contributed by atoms with van der Waals surface area (Å²) in [6.45, 7) is 6.11. The van der Waals surface area contributed by atoms with Crippen LogP contribution < -0.4 is 0 Å². The number of nitrogens with one attached hydrogen (secondary N) is 1. The third kappa shape index (κ3) is 2.26. The molecule has 0 amide bonds. The quantitative estimate of drug-likeness (QED) is 0.825. The highest BCUT2D eigenvalue weighted by atomic mass is 32.1. The van der Waals surface area contributed by atoms with Crippen molar-refractivity contribution < 1.29 is 0 Å². The maximum atomic E-state index is 5.26. The molecule has 0 aliphatic rings. The summed E-state index contributed by atoms with van der Waals surface area (Å²) in [5, 5.41) is 0. The molecule has 0 atom stereocenters. The number of aryl methyl sites for hydroxylation is 2. The van der Waals surface area contributed by atoms with Crippen LogP contribution in [0.25, 0.3) is 11.4 Å². The van der Waals surface area contributed by atoms with Crippen molar-refractivity contribution in [1.82, 2.24) is 15.0 Å². The number of hydrogen-bond donors (Lipinski definition) is 1. The van der Waals surface area contributed by atoms with Crippen molar-refractivity contribution in [3.8, 4) is 11.4 Å². The molecule has 2 heterocycles. The second kappa shape index (κ2) is 4.75. The molecule has 0 saturated heterocycles. The average molecular weight is 245 g/mol. The van der Waals surface area contributed by atoms with Gasteiger partial charge in [0.2, 0.25) is 0 Å². The van der Waals surface area contributed by atoms with Gasteiger partial charge in [-0.25, -0.2) is 4.98 Å². The van der Waals surface area contributed by atoms with Crippen LogP contribution in [0.1, 0.15) is 23.7 Å². The summed E-state index contributed by atoms with van der Waals surface area (Å²) < 4.78 is 0.662. The van der Waals surface area contributed by atoms with E-state index in [0.717, 1.165) is 29.1 Å². The molecule has 0 saturated carbocycles. The predicted molar refractivity (Wildman–Crippen MR) is 71.5 cm³/mol. The zero-order chi connectivity index (χ0) is 12.4. The van der Waals surface area contributed by atoms with E-state index in [4.69, 9.17) is 12.2 Å². The van der Waals surface area contributed by atoms with E-state index in [2.05, 4.69) is 21.9 Å². The van der Waals surface area contributed by atoms with E-state index in [-0.39, 0.29) is 0 Å². The lowest BCUT2D eigenvalue weighted by atomic mass is 10.1. The lowest BCUT2D eigenvalue weighted by Crippen LogP contribution is -1.99. The first-order chi connectivity index (χ1) is 8.13. The maximum Gasteiger partial charge on any atom is 0.139 e. The summed E-state index contributed by atoms with van der Waals surface area (Å²) >= 11 is 5.26.